The molecule has 2 heterocycles. The number of aromatic nitrogens is 3. The molecule has 10 heteroatoms. The van der Waals surface area contributed by atoms with Gasteiger partial charge in [-0.05, 0) is 19.1 Å². The summed E-state index contributed by atoms with van der Waals surface area (Å²) in [6, 6.07) is 14.2. The smallest absolute Gasteiger partial charge is 0.325 e. The molecular weight excluding hydrogens is 418 g/mol. The molecule has 3 amide bonds. The van der Waals surface area contributed by atoms with E-state index in [-0.39, 0.29) is 5.75 Å². The van der Waals surface area contributed by atoms with Crippen LogP contribution in [-0.2, 0) is 11.3 Å². The van der Waals surface area contributed by atoms with Crippen molar-refractivity contribution < 1.29 is 19.1 Å². The summed E-state index contributed by atoms with van der Waals surface area (Å²) in [4.78, 5) is 24.4. The monoisotopic (exact) mass is 439 g/mol. The molecule has 9 nitrogen and oxygen atoms in total. The van der Waals surface area contributed by atoms with Crippen LogP contribution in [0.25, 0.3) is 11.4 Å². The molecular formula is C21H21N5O4S. The van der Waals surface area contributed by atoms with Crippen molar-refractivity contribution in [2.24, 2.45) is 0 Å². The van der Waals surface area contributed by atoms with Crippen molar-refractivity contribution in [3.8, 4) is 22.9 Å². The number of rotatable bonds is 6. The number of thioether (sulfide) groups is 1. The Morgan fingerprint density at radius 1 is 1.06 bits per heavy atom. The molecule has 0 aliphatic carbocycles. The van der Waals surface area contributed by atoms with E-state index in [1.807, 2.05) is 41.8 Å². The molecule has 3 aromatic rings. The molecule has 1 aliphatic heterocycles. The molecule has 0 fully saturated rings. The van der Waals surface area contributed by atoms with Gasteiger partial charge >= 0.3 is 6.03 Å². The van der Waals surface area contributed by atoms with Crippen molar-refractivity contribution in [1.82, 2.24) is 20.1 Å². The third-order valence-electron chi connectivity index (χ3n) is 4.45. The summed E-state index contributed by atoms with van der Waals surface area (Å²) in [5, 5.41) is 14.0. The first-order chi connectivity index (χ1) is 15.1. The van der Waals surface area contributed by atoms with E-state index in [2.05, 4.69) is 20.8 Å². The van der Waals surface area contributed by atoms with Gasteiger partial charge in [0.1, 0.15) is 13.2 Å². The van der Waals surface area contributed by atoms with Gasteiger partial charge in [-0.1, -0.05) is 42.1 Å². The molecule has 4 rings (SSSR count). The fourth-order valence-electron chi connectivity index (χ4n) is 3.06. The maximum absolute atomic E-state index is 12.2. The van der Waals surface area contributed by atoms with Gasteiger partial charge in [-0.15, -0.1) is 10.2 Å². The van der Waals surface area contributed by atoms with Crippen molar-refractivity contribution in [1.29, 1.82) is 0 Å². The Morgan fingerprint density at radius 3 is 2.61 bits per heavy atom. The average molecular weight is 439 g/mol. The minimum Gasteiger partial charge on any atom is -0.486 e. The van der Waals surface area contributed by atoms with Crippen molar-refractivity contribution in [2.75, 3.05) is 24.3 Å². The molecule has 31 heavy (non-hydrogen) atoms. The third-order valence-corrected chi connectivity index (χ3v) is 5.42. The Kier molecular flexibility index (Phi) is 6.37. The van der Waals surface area contributed by atoms with Gasteiger partial charge in [-0.3, -0.25) is 10.1 Å². The highest BCUT2D eigenvalue weighted by Crippen LogP contribution is 2.32. The van der Waals surface area contributed by atoms with Gasteiger partial charge in [-0.25, -0.2) is 4.79 Å². The summed E-state index contributed by atoms with van der Waals surface area (Å²) in [5.41, 5.74) is 1.45. The standard InChI is InChI=1S/C21H21N5O4S/c1-2-26-19(14-6-4-3-5-7-14)24-25-21(26)31-13-18(27)23-20(28)22-15-8-9-16-17(12-15)30-11-10-29-16/h3-9,12H,2,10-11,13H2,1H3,(H2,22,23,27,28). The number of imide groups is 1. The number of carbonyl (C=O) groups is 2. The maximum atomic E-state index is 12.2. The van der Waals surface area contributed by atoms with E-state index < -0.39 is 11.9 Å². The van der Waals surface area contributed by atoms with Gasteiger partial charge in [0.15, 0.2) is 22.5 Å². The third kappa shape index (κ3) is 4.97. The number of nitrogens with zero attached hydrogens (tertiary/aromatic N) is 3. The fraction of sp³-hybridized carbons (Fsp3) is 0.238. The van der Waals surface area contributed by atoms with Gasteiger partial charge < -0.3 is 19.4 Å². The summed E-state index contributed by atoms with van der Waals surface area (Å²) in [6.45, 7) is 3.59. The molecule has 0 radical (unpaired) electrons. The summed E-state index contributed by atoms with van der Waals surface area (Å²) < 4.78 is 12.9. The minimum atomic E-state index is -0.621. The summed E-state index contributed by atoms with van der Waals surface area (Å²) in [5.74, 6) is 1.51. The Bertz CT molecular complexity index is 1090. The number of hydrogen-bond donors (Lipinski definition) is 2. The van der Waals surface area contributed by atoms with Crippen molar-refractivity contribution in [3.63, 3.8) is 0 Å². The molecule has 0 atom stereocenters. The lowest BCUT2D eigenvalue weighted by atomic mass is 10.2. The molecule has 0 spiro atoms. The SMILES string of the molecule is CCn1c(SCC(=O)NC(=O)Nc2ccc3c(c2)OCCO3)nnc1-c1ccccc1. The Balaban J connectivity index is 1.32. The van der Waals surface area contributed by atoms with Crippen LogP contribution in [0.5, 0.6) is 11.5 Å². The van der Waals surface area contributed by atoms with Crippen LogP contribution < -0.4 is 20.1 Å². The van der Waals surface area contributed by atoms with Crippen LogP contribution >= 0.6 is 11.8 Å². The normalized spacial score (nSPS) is 12.3. The average Bonchev–Trinajstić information content (AvgIpc) is 3.21. The number of fused-ring (bicyclic) bond motifs is 1. The largest absolute Gasteiger partial charge is 0.486 e. The number of benzene rings is 2. The van der Waals surface area contributed by atoms with E-state index in [1.54, 1.807) is 18.2 Å². The second kappa shape index (κ2) is 9.52. The van der Waals surface area contributed by atoms with E-state index >= 15 is 0 Å². The molecule has 0 saturated carbocycles. The summed E-state index contributed by atoms with van der Waals surface area (Å²) in [6.07, 6.45) is 0. The van der Waals surface area contributed by atoms with Crippen LogP contribution in [0, 0.1) is 0 Å². The molecule has 1 aliphatic rings. The number of hydrogen-bond acceptors (Lipinski definition) is 7. The second-order valence-corrected chi connectivity index (χ2v) is 7.51. The Morgan fingerprint density at radius 2 is 1.84 bits per heavy atom. The van der Waals surface area contributed by atoms with E-state index in [0.29, 0.717) is 42.1 Å². The number of anilines is 1. The molecule has 1 aromatic heterocycles. The van der Waals surface area contributed by atoms with Gasteiger partial charge in [-0.2, -0.15) is 0 Å². The number of urea groups is 1. The number of carbonyl (C=O) groups excluding carboxylic acids is 2. The van der Waals surface area contributed by atoms with Gasteiger partial charge in [0.05, 0.1) is 5.75 Å². The topological polar surface area (TPSA) is 107 Å². The predicted octanol–water partition coefficient (Wildman–Crippen LogP) is 3.18. The van der Waals surface area contributed by atoms with Crippen LogP contribution in [0.3, 0.4) is 0 Å². The predicted molar refractivity (Wildman–Crippen MR) is 116 cm³/mol. The molecule has 2 aromatic carbocycles. The highest BCUT2D eigenvalue weighted by molar-refractivity contribution is 7.99. The molecule has 0 bridgehead atoms. The van der Waals surface area contributed by atoms with Gasteiger partial charge in [0, 0.05) is 23.9 Å². The molecule has 0 saturated heterocycles. The van der Waals surface area contributed by atoms with Gasteiger partial charge in [0.2, 0.25) is 5.91 Å². The highest BCUT2D eigenvalue weighted by atomic mass is 32.2. The maximum Gasteiger partial charge on any atom is 0.325 e. The lowest BCUT2D eigenvalue weighted by Gasteiger charge is -2.19. The van der Waals surface area contributed by atoms with Crippen molar-refractivity contribution in [2.45, 2.75) is 18.6 Å². The summed E-state index contributed by atoms with van der Waals surface area (Å²) >= 11 is 1.22. The first kappa shape index (κ1) is 20.7. The minimum absolute atomic E-state index is 0.0292. The van der Waals surface area contributed by atoms with E-state index in [4.69, 9.17) is 9.47 Å². The Labute approximate surface area is 183 Å². The first-order valence-electron chi connectivity index (χ1n) is 9.76. The van der Waals surface area contributed by atoms with E-state index in [1.165, 1.54) is 11.8 Å². The molecule has 0 unspecified atom stereocenters. The quantitative estimate of drug-likeness (QED) is 0.568. The first-order valence-corrected chi connectivity index (χ1v) is 10.7. The Hall–Kier alpha value is -3.53. The highest BCUT2D eigenvalue weighted by Gasteiger charge is 2.16. The van der Waals surface area contributed by atoms with E-state index in [0.717, 1.165) is 11.4 Å². The van der Waals surface area contributed by atoms with Crippen LogP contribution in [0.1, 0.15) is 6.92 Å². The van der Waals surface area contributed by atoms with Crippen LogP contribution in [0.4, 0.5) is 10.5 Å². The number of amides is 3. The second-order valence-electron chi connectivity index (χ2n) is 6.57. The number of ether oxygens (including phenoxy) is 2. The lowest BCUT2D eigenvalue weighted by Crippen LogP contribution is -2.35. The van der Waals surface area contributed by atoms with Crippen molar-refractivity contribution >= 4 is 29.4 Å². The van der Waals surface area contributed by atoms with Crippen LogP contribution in [0.2, 0.25) is 0 Å². The zero-order chi connectivity index (χ0) is 21.6. The zero-order valence-corrected chi connectivity index (χ0v) is 17.6. The number of nitrogens with one attached hydrogen (secondary N) is 2. The molecule has 2 N–H and O–H groups in total. The van der Waals surface area contributed by atoms with Gasteiger partial charge in [0.25, 0.3) is 0 Å². The lowest BCUT2D eigenvalue weighted by molar-refractivity contribution is -0.117. The molecule has 160 valence electrons. The van der Waals surface area contributed by atoms with Crippen LogP contribution in [-0.4, -0.2) is 45.7 Å². The van der Waals surface area contributed by atoms with E-state index in [9.17, 15) is 9.59 Å². The van der Waals surface area contributed by atoms with Crippen molar-refractivity contribution in [3.05, 3.63) is 48.5 Å². The zero-order valence-electron chi connectivity index (χ0n) is 16.8. The van der Waals surface area contributed by atoms with Crippen LogP contribution in [0.15, 0.2) is 53.7 Å². The summed E-state index contributed by atoms with van der Waals surface area (Å²) in [7, 11) is 0. The fourth-order valence-corrected chi connectivity index (χ4v) is 3.86.